The van der Waals surface area contributed by atoms with Gasteiger partial charge in [0.2, 0.25) is 0 Å². The first-order valence-electron chi connectivity index (χ1n) is 9.58. The van der Waals surface area contributed by atoms with Gasteiger partial charge < -0.3 is 14.8 Å². The molecule has 0 aromatic heterocycles. The molecule has 156 valence electrons. The summed E-state index contributed by atoms with van der Waals surface area (Å²) in [6, 6.07) is 23.9. The van der Waals surface area contributed by atoms with E-state index in [0.717, 1.165) is 16.9 Å². The first-order chi connectivity index (χ1) is 15.1. The van der Waals surface area contributed by atoms with Gasteiger partial charge in [0.05, 0.1) is 7.11 Å². The summed E-state index contributed by atoms with van der Waals surface area (Å²) in [5, 5.41) is 12.9. The van der Waals surface area contributed by atoms with Gasteiger partial charge in [-0.3, -0.25) is 4.79 Å². The largest absolute Gasteiger partial charge is 0.497 e. The Bertz CT molecular complexity index is 1100. The van der Waals surface area contributed by atoms with Crippen LogP contribution in [0.5, 0.6) is 11.5 Å². The predicted octanol–water partition coefficient (Wildman–Crippen LogP) is 5.15. The van der Waals surface area contributed by atoms with Crippen molar-refractivity contribution in [3.8, 4) is 17.6 Å². The number of hydrogen-bond donors (Lipinski definition) is 1. The Morgan fingerprint density at radius 3 is 2.39 bits per heavy atom. The van der Waals surface area contributed by atoms with E-state index in [4.69, 9.17) is 21.1 Å². The zero-order valence-corrected chi connectivity index (χ0v) is 17.7. The van der Waals surface area contributed by atoms with Gasteiger partial charge in [0.1, 0.15) is 29.7 Å². The van der Waals surface area contributed by atoms with E-state index >= 15 is 0 Å². The van der Waals surface area contributed by atoms with Crippen molar-refractivity contribution in [1.29, 1.82) is 5.26 Å². The molecule has 0 unspecified atom stereocenters. The third-order valence-electron chi connectivity index (χ3n) is 4.50. The van der Waals surface area contributed by atoms with Gasteiger partial charge in [0.15, 0.2) is 0 Å². The van der Waals surface area contributed by atoms with Crippen LogP contribution < -0.4 is 14.8 Å². The number of rotatable bonds is 8. The highest BCUT2D eigenvalue weighted by molar-refractivity contribution is 6.30. The molecule has 1 amide bonds. The van der Waals surface area contributed by atoms with Crippen molar-refractivity contribution in [2.45, 2.75) is 13.2 Å². The molecule has 1 N–H and O–H groups in total. The van der Waals surface area contributed by atoms with E-state index in [-0.39, 0.29) is 5.57 Å². The molecule has 0 aliphatic rings. The number of nitrogens with zero attached hydrogens (tertiary/aromatic N) is 1. The summed E-state index contributed by atoms with van der Waals surface area (Å²) in [4.78, 5) is 12.5. The summed E-state index contributed by atoms with van der Waals surface area (Å²) < 4.78 is 11.0. The molecule has 3 rings (SSSR count). The van der Waals surface area contributed by atoms with E-state index in [9.17, 15) is 10.1 Å². The number of nitrogens with one attached hydrogen (secondary N) is 1. The second kappa shape index (κ2) is 10.9. The van der Waals surface area contributed by atoms with Gasteiger partial charge in [-0.15, -0.1) is 0 Å². The molecular formula is C25H21ClN2O3. The quantitative estimate of drug-likeness (QED) is 0.394. The van der Waals surface area contributed by atoms with Crippen LogP contribution in [0.25, 0.3) is 6.08 Å². The maximum atomic E-state index is 12.5. The first kappa shape index (κ1) is 21.9. The smallest absolute Gasteiger partial charge is 0.262 e. The maximum absolute atomic E-state index is 12.5. The first-order valence-corrected chi connectivity index (χ1v) is 9.96. The van der Waals surface area contributed by atoms with E-state index in [1.54, 1.807) is 31.4 Å². The minimum Gasteiger partial charge on any atom is -0.497 e. The van der Waals surface area contributed by atoms with Crippen molar-refractivity contribution >= 4 is 23.6 Å². The van der Waals surface area contributed by atoms with Crippen molar-refractivity contribution in [1.82, 2.24) is 5.32 Å². The van der Waals surface area contributed by atoms with Crippen molar-refractivity contribution in [2.75, 3.05) is 7.11 Å². The van der Waals surface area contributed by atoms with Crippen LogP contribution in [-0.2, 0) is 17.9 Å². The average Bonchev–Trinajstić information content (AvgIpc) is 2.81. The predicted molar refractivity (Wildman–Crippen MR) is 121 cm³/mol. The molecule has 0 saturated heterocycles. The van der Waals surface area contributed by atoms with Crippen molar-refractivity contribution in [3.05, 3.63) is 100 Å². The van der Waals surface area contributed by atoms with Crippen LogP contribution in [0.4, 0.5) is 0 Å². The second-order valence-electron chi connectivity index (χ2n) is 6.65. The van der Waals surface area contributed by atoms with Gasteiger partial charge in [-0.25, -0.2) is 0 Å². The van der Waals surface area contributed by atoms with Crippen LogP contribution in [0.1, 0.15) is 16.7 Å². The molecule has 0 saturated carbocycles. The van der Waals surface area contributed by atoms with Crippen LogP contribution in [0.15, 0.2) is 78.4 Å². The Morgan fingerprint density at radius 1 is 1.03 bits per heavy atom. The molecule has 0 fully saturated rings. The van der Waals surface area contributed by atoms with Gasteiger partial charge in [-0.1, -0.05) is 54.1 Å². The van der Waals surface area contributed by atoms with Gasteiger partial charge in [0.25, 0.3) is 5.91 Å². The molecule has 0 radical (unpaired) electrons. The third-order valence-corrected chi connectivity index (χ3v) is 4.76. The Labute approximate surface area is 186 Å². The van der Waals surface area contributed by atoms with E-state index < -0.39 is 5.91 Å². The Kier molecular flexibility index (Phi) is 7.69. The van der Waals surface area contributed by atoms with Gasteiger partial charge in [-0.2, -0.15) is 5.26 Å². The van der Waals surface area contributed by atoms with Gasteiger partial charge >= 0.3 is 0 Å². The minimum atomic E-state index is -0.453. The van der Waals surface area contributed by atoms with Crippen molar-refractivity contribution in [2.24, 2.45) is 0 Å². The zero-order valence-electron chi connectivity index (χ0n) is 17.0. The van der Waals surface area contributed by atoms with Crippen LogP contribution in [0, 0.1) is 11.3 Å². The SMILES string of the molecule is COc1ccc(CNC(=O)/C(C#N)=C\c2ccccc2OCc2ccc(Cl)cc2)cc1. The number of nitriles is 1. The molecule has 0 aliphatic carbocycles. The molecule has 31 heavy (non-hydrogen) atoms. The summed E-state index contributed by atoms with van der Waals surface area (Å²) in [7, 11) is 1.60. The standard InChI is InChI=1S/C25H21ClN2O3/c1-30-23-12-8-18(9-13-23)16-28-25(29)21(15-27)14-20-4-2-3-5-24(20)31-17-19-6-10-22(26)11-7-19/h2-14H,16-17H2,1H3,(H,28,29)/b21-14-. The Morgan fingerprint density at radius 2 is 1.71 bits per heavy atom. The molecular weight excluding hydrogens is 412 g/mol. The number of ether oxygens (including phenoxy) is 2. The number of hydrogen-bond acceptors (Lipinski definition) is 4. The highest BCUT2D eigenvalue weighted by Gasteiger charge is 2.11. The van der Waals surface area contributed by atoms with E-state index in [1.165, 1.54) is 6.08 Å². The number of halogens is 1. The molecule has 6 heteroatoms. The lowest BCUT2D eigenvalue weighted by molar-refractivity contribution is -0.117. The van der Waals surface area contributed by atoms with Crippen LogP contribution in [0.2, 0.25) is 5.02 Å². The Balaban J connectivity index is 1.68. The summed E-state index contributed by atoms with van der Waals surface area (Å²) in [6.07, 6.45) is 1.53. The number of methoxy groups -OCH3 is 1. The van der Waals surface area contributed by atoms with Crippen LogP contribution in [-0.4, -0.2) is 13.0 Å². The lowest BCUT2D eigenvalue weighted by Crippen LogP contribution is -2.23. The van der Waals surface area contributed by atoms with Crippen molar-refractivity contribution in [3.63, 3.8) is 0 Å². The van der Waals surface area contributed by atoms with Crippen molar-refractivity contribution < 1.29 is 14.3 Å². The number of amides is 1. The summed E-state index contributed by atoms with van der Waals surface area (Å²) in [5.74, 6) is 0.863. The maximum Gasteiger partial charge on any atom is 0.262 e. The fourth-order valence-electron chi connectivity index (χ4n) is 2.80. The number of benzene rings is 3. The highest BCUT2D eigenvalue weighted by Crippen LogP contribution is 2.23. The van der Waals surface area contributed by atoms with Gasteiger partial charge in [-0.05, 0) is 47.5 Å². The monoisotopic (exact) mass is 432 g/mol. The molecule has 0 atom stereocenters. The molecule has 3 aromatic carbocycles. The summed E-state index contributed by atoms with van der Waals surface area (Å²) in [6.45, 7) is 0.643. The van der Waals surface area contributed by atoms with Crippen LogP contribution >= 0.6 is 11.6 Å². The number of carbonyl (C=O) groups is 1. The van der Waals surface area contributed by atoms with Gasteiger partial charge in [0, 0.05) is 17.1 Å². The second-order valence-corrected chi connectivity index (χ2v) is 7.09. The fraction of sp³-hybridized carbons (Fsp3) is 0.120. The summed E-state index contributed by atoms with van der Waals surface area (Å²) >= 11 is 5.91. The van der Waals surface area contributed by atoms with E-state index in [0.29, 0.717) is 29.5 Å². The molecule has 0 spiro atoms. The van der Waals surface area contributed by atoms with Crippen LogP contribution in [0.3, 0.4) is 0 Å². The lowest BCUT2D eigenvalue weighted by atomic mass is 10.1. The number of carbonyl (C=O) groups excluding carboxylic acids is 1. The molecule has 0 bridgehead atoms. The minimum absolute atomic E-state index is 0.00365. The van der Waals surface area contributed by atoms with E-state index in [2.05, 4.69) is 5.32 Å². The molecule has 5 nitrogen and oxygen atoms in total. The fourth-order valence-corrected chi connectivity index (χ4v) is 2.92. The van der Waals surface area contributed by atoms with E-state index in [1.807, 2.05) is 54.6 Å². The molecule has 0 heterocycles. The highest BCUT2D eigenvalue weighted by atomic mass is 35.5. The lowest BCUT2D eigenvalue weighted by Gasteiger charge is -2.10. The Hall–Kier alpha value is -3.75. The number of para-hydroxylation sites is 1. The average molecular weight is 433 g/mol. The summed E-state index contributed by atoms with van der Waals surface area (Å²) in [5.41, 5.74) is 2.50. The molecule has 0 aliphatic heterocycles. The third kappa shape index (κ3) is 6.36. The normalized spacial score (nSPS) is 10.8. The topological polar surface area (TPSA) is 71.3 Å². The zero-order chi connectivity index (χ0) is 22.1. The molecule has 3 aromatic rings.